The average molecular weight is 366 g/mol. The van der Waals surface area contributed by atoms with Crippen LogP contribution in [0.4, 0.5) is 18.9 Å². The van der Waals surface area contributed by atoms with Gasteiger partial charge >= 0.3 is 12.1 Å². The molecule has 1 amide bonds. The van der Waals surface area contributed by atoms with E-state index in [9.17, 15) is 22.8 Å². The zero-order valence-corrected chi connectivity index (χ0v) is 13.6. The Labute approximate surface area is 147 Å². The molecule has 2 aromatic carbocycles. The van der Waals surface area contributed by atoms with E-state index in [1.807, 2.05) is 6.07 Å². The highest BCUT2D eigenvalue weighted by Gasteiger charge is 2.30. The minimum Gasteiger partial charge on any atom is -0.481 e. The molecule has 0 aromatic heterocycles. The molecule has 0 spiro atoms. The van der Waals surface area contributed by atoms with E-state index >= 15 is 0 Å². The largest absolute Gasteiger partial charge is 0.481 e. The molecule has 26 heavy (non-hydrogen) atoms. The van der Waals surface area contributed by atoms with Crippen molar-refractivity contribution in [3.63, 3.8) is 0 Å². The molecule has 0 saturated carbocycles. The molecule has 1 unspecified atom stereocenters. The van der Waals surface area contributed by atoms with E-state index < -0.39 is 36.1 Å². The maximum absolute atomic E-state index is 12.7. The number of carboxylic acids is 1. The number of alkyl halides is 3. The smallest absolute Gasteiger partial charge is 0.416 e. The van der Waals surface area contributed by atoms with Crippen molar-refractivity contribution in [1.82, 2.24) is 5.32 Å². The van der Waals surface area contributed by atoms with Gasteiger partial charge in [-0.2, -0.15) is 13.2 Å². The van der Waals surface area contributed by atoms with E-state index in [1.54, 1.807) is 24.3 Å². The van der Waals surface area contributed by atoms with E-state index in [4.69, 9.17) is 5.11 Å². The molecule has 0 aliphatic rings. The number of nitrogens with one attached hydrogen (secondary N) is 2. The summed E-state index contributed by atoms with van der Waals surface area (Å²) in [7, 11) is 0. The number of halogens is 3. The van der Waals surface area contributed by atoms with Crippen LogP contribution < -0.4 is 10.6 Å². The maximum atomic E-state index is 12.7. The van der Waals surface area contributed by atoms with Crippen LogP contribution in [0.5, 0.6) is 0 Å². The van der Waals surface area contributed by atoms with Crippen LogP contribution >= 0.6 is 0 Å². The Balaban J connectivity index is 2.07. The predicted octanol–water partition coefficient (Wildman–Crippen LogP) is 3.28. The average Bonchev–Trinajstić information content (AvgIpc) is 2.58. The van der Waals surface area contributed by atoms with Crippen LogP contribution in [0.15, 0.2) is 54.6 Å². The first-order valence-corrected chi connectivity index (χ1v) is 7.73. The van der Waals surface area contributed by atoms with Crippen LogP contribution in [0.2, 0.25) is 0 Å². The first-order valence-electron chi connectivity index (χ1n) is 7.73. The molecule has 3 N–H and O–H groups in total. The van der Waals surface area contributed by atoms with Crippen molar-refractivity contribution in [2.75, 3.05) is 5.32 Å². The molecule has 8 heteroatoms. The van der Waals surface area contributed by atoms with Gasteiger partial charge < -0.3 is 15.7 Å². The Hall–Kier alpha value is -2.87. The van der Waals surface area contributed by atoms with Crippen molar-refractivity contribution in [2.45, 2.75) is 25.2 Å². The fourth-order valence-electron chi connectivity index (χ4n) is 2.27. The number of benzene rings is 2. The lowest BCUT2D eigenvalue weighted by Gasteiger charge is -2.17. The van der Waals surface area contributed by atoms with Gasteiger partial charge in [-0.3, -0.25) is 9.59 Å². The maximum Gasteiger partial charge on any atom is 0.416 e. The second-order valence-corrected chi connectivity index (χ2v) is 5.58. The number of hydrogen-bond acceptors (Lipinski definition) is 3. The summed E-state index contributed by atoms with van der Waals surface area (Å²) in [6.45, 7) is 0.245. The van der Waals surface area contributed by atoms with E-state index in [2.05, 4.69) is 10.6 Å². The molecule has 0 aliphatic carbocycles. The van der Waals surface area contributed by atoms with Crippen molar-refractivity contribution in [2.24, 2.45) is 0 Å². The van der Waals surface area contributed by atoms with Crippen LogP contribution in [-0.4, -0.2) is 23.0 Å². The summed E-state index contributed by atoms with van der Waals surface area (Å²) in [5.41, 5.74) is -0.112. The second kappa shape index (κ2) is 8.48. The quantitative estimate of drug-likeness (QED) is 0.703. The number of carbonyl (C=O) groups is 2. The van der Waals surface area contributed by atoms with Gasteiger partial charge in [-0.15, -0.1) is 0 Å². The number of aliphatic carboxylic acids is 1. The minimum absolute atomic E-state index is 0.0540. The third kappa shape index (κ3) is 5.89. The van der Waals surface area contributed by atoms with Crippen molar-refractivity contribution in [3.8, 4) is 0 Å². The Kier molecular flexibility index (Phi) is 6.35. The Morgan fingerprint density at radius 3 is 2.35 bits per heavy atom. The summed E-state index contributed by atoms with van der Waals surface area (Å²) >= 11 is 0. The minimum atomic E-state index is -4.53. The van der Waals surface area contributed by atoms with Gasteiger partial charge in [0.1, 0.15) is 0 Å². The zero-order chi connectivity index (χ0) is 19.2. The molecule has 0 bridgehead atoms. The molecule has 138 valence electrons. The van der Waals surface area contributed by atoms with Gasteiger partial charge in [0.25, 0.3) is 0 Å². The molecule has 0 aliphatic heterocycles. The fraction of sp³-hybridized carbons (Fsp3) is 0.222. The highest BCUT2D eigenvalue weighted by Crippen LogP contribution is 2.30. The lowest BCUT2D eigenvalue weighted by Crippen LogP contribution is -2.41. The zero-order valence-electron chi connectivity index (χ0n) is 13.6. The SMILES string of the molecule is O=C(O)CC(NCc1ccccc1)C(=O)Nc1cccc(C(F)(F)F)c1. The number of hydrogen-bond donors (Lipinski definition) is 3. The van der Waals surface area contributed by atoms with Crippen LogP contribution in [0.3, 0.4) is 0 Å². The molecule has 0 heterocycles. The normalized spacial score (nSPS) is 12.4. The molecular formula is C18H17F3N2O3. The van der Waals surface area contributed by atoms with Gasteiger partial charge in [0.15, 0.2) is 0 Å². The fourth-order valence-corrected chi connectivity index (χ4v) is 2.27. The number of rotatable bonds is 7. The monoisotopic (exact) mass is 366 g/mol. The van der Waals surface area contributed by atoms with Crippen LogP contribution in [0, 0.1) is 0 Å². The molecule has 0 radical (unpaired) electrons. The number of carboxylic acid groups (broad SMARTS) is 1. The Bertz CT molecular complexity index is 764. The van der Waals surface area contributed by atoms with Gasteiger partial charge in [0.2, 0.25) is 5.91 Å². The molecular weight excluding hydrogens is 349 g/mol. The van der Waals surface area contributed by atoms with Crippen molar-refractivity contribution in [1.29, 1.82) is 0 Å². The van der Waals surface area contributed by atoms with E-state index in [0.29, 0.717) is 0 Å². The molecule has 0 fully saturated rings. The van der Waals surface area contributed by atoms with Gasteiger partial charge in [-0.1, -0.05) is 36.4 Å². The Morgan fingerprint density at radius 2 is 1.73 bits per heavy atom. The van der Waals surface area contributed by atoms with E-state index in [1.165, 1.54) is 12.1 Å². The summed E-state index contributed by atoms with van der Waals surface area (Å²) in [5.74, 6) is -1.92. The topological polar surface area (TPSA) is 78.4 Å². The standard InChI is InChI=1S/C18H17F3N2O3/c19-18(20,21)13-7-4-8-14(9-13)23-17(26)15(10-16(24)25)22-11-12-5-2-1-3-6-12/h1-9,15,22H,10-11H2,(H,23,26)(H,24,25). The van der Waals surface area contributed by atoms with E-state index in [0.717, 1.165) is 17.7 Å². The van der Waals surface area contributed by atoms with Gasteiger partial charge in [0.05, 0.1) is 18.0 Å². The van der Waals surface area contributed by atoms with Crippen molar-refractivity contribution < 1.29 is 27.9 Å². The van der Waals surface area contributed by atoms with Crippen LogP contribution in [0.25, 0.3) is 0 Å². The highest BCUT2D eigenvalue weighted by atomic mass is 19.4. The van der Waals surface area contributed by atoms with Crippen molar-refractivity contribution in [3.05, 3.63) is 65.7 Å². The van der Waals surface area contributed by atoms with Gasteiger partial charge in [0, 0.05) is 12.2 Å². The van der Waals surface area contributed by atoms with E-state index in [-0.39, 0.29) is 12.2 Å². The molecule has 1 atom stereocenters. The summed E-state index contributed by atoms with van der Waals surface area (Å²) in [6.07, 6.45) is -5.04. The van der Waals surface area contributed by atoms with Crippen LogP contribution in [-0.2, 0) is 22.3 Å². The first-order chi connectivity index (χ1) is 12.3. The lowest BCUT2D eigenvalue weighted by atomic mass is 10.1. The summed E-state index contributed by atoms with van der Waals surface area (Å²) in [6, 6.07) is 12.1. The number of amides is 1. The third-order valence-electron chi connectivity index (χ3n) is 3.55. The molecule has 5 nitrogen and oxygen atoms in total. The molecule has 2 aromatic rings. The van der Waals surface area contributed by atoms with Crippen molar-refractivity contribution >= 4 is 17.6 Å². The lowest BCUT2D eigenvalue weighted by molar-refractivity contribution is -0.139. The second-order valence-electron chi connectivity index (χ2n) is 5.58. The predicted molar refractivity (Wildman–Crippen MR) is 89.4 cm³/mol. The number of carbonyl (C=O) groups excluding carboxylic acids is 1. The van der Waals surface area contributed by atoms with Gasteiger partial charge in [-0.05, 0) is 23.8 Å². The summed E-state index contributed by atoms with van der Waals surface area (Å²) < 4.78 is 38.2. The van der Waals surface area contributed by atoms with Gasteiger partial charge in [-0.25, -0.2) is 0 Å². The molecule has 2 rings (SSSR count). The third-order valence-corrected chi connectivity index (χ3v) is 3.55. The highest BCUT2D eigenvalue weighted by molar-refractivity contribution is 5.96. The first kappa shape index (κ1) is 19.5. The van der Waals surface area contributed by atoms with Crippen LogP contribution in [0.1, 0.15) is 17.5 Å². The summed E-state index contributed by atoms with van der Waals surface area (Å²) in [5, 5.41) is 14.1. The molecule has 0 saturated heterocycles. The Morgan fingerprint density at radius 1 is 1.04 bits per heavy atom. The summed E-state index contributed by atoms with van der Waals surface area (Å²) in [4.78, 5) is 23.3. The number of anilines is 1.